The first kappa shape index (κ1) is 21.6. The maximum Gasteiger partial charge on any atom is 0.331 e. The number of fused-ring (bicyclic) bond motifs is 1. The van der Waals surface area contributed by atoms with E-state index in [0.717, 1.165) is 11.1 Å². The van der Waals surface area contributed by atoms with Gasteiger partial charge in [0, 0.05) is 6.54 Å². The van der Waals surface area contributed by atoms with Crippen molar-refractivity contribution < 1.29 is 4.79 Å². The number of hydrogen-bond donors (Lipinski definition) is 1. The number of rotatable bonds is 6. The maximum absolute atomic E-state index is 13.2. The molecule has 7 heteroatoms. The number of carbonyl (C=O) groups excluding carboxylic acids is 1. The molecule has 0 aliphatic carbocycles. The first-order valence-corrected chi connectivity index (χ1v) is 10.6. The largest absolute Gasteiger partial charge is 0.331 e. The number of halogens is 1. The summed E-state index contributed by atoms with van der Waals surface area (Å²) >= 11 is 6.22. The van der Waals surface area contributed by atoms with Gasteiger partial charge in [0.2, 0.25) is 5.91 Å². The molecule has 0 atom stereocenters. The van der Waals surface area contributed by atoms with E-state index in [2.05, 4.69) is 5.32 Å². The second kappa shape index (κ2) is 9.24. The number of carbonyl (C=O) groups is 1. The zero-order chi connectivity index (χ0) is 22.7. The Hall–Kier alpha value is -3.64. The summed E-state index contributed by atoms with van der Waals surface area (Å²) in [5.74, 6) is -0.406. The molecule has 0 bridgehead atoms. The molecular formula is C25H22ClN3O3. The van der Waals surface area contributed by atoms with Crippen molar-refractivity contribution in [3.63, 3.8) is 0 Å². The fourth-order valence-corrected chi connectivity index (χ4v) is 3.94. The highest BCUT2D eigenvalue weighted by atomic mass is 35.5. The van der Waals surface area contributed by atoms with Crippen LogP contribution in [-0.4, -0.2) is 15.0 Å². The van der Waals surface area contributed by atoms with Crippen molar-refractivity contribution >= 4 is 34.1 Å². The second-order valence-corrected chi connectivity index (χ2v) is 8.02. The SMILES string of the molecule is Cc1ccc(NC(=O)Cn2c(=O)n(CCc3ccccc3)c(=O)c3ccccc32)c(Cl)c1. The molecule has 0 spiro atoms. The third kappa shape index (κ3) is 4.50. The van der Waals surface area contributed by atoms with Crippen LogP contribution in [0.3, 0.4) is 0 Å². The Morgan fingerprint density at radius 1 is 0.938 bits per heavy atom. The summed E-state index contributed by atoms with van der Waals surface area (Å²) in [5, 5.41) is 3.56. The van der Waals surface area contributed by atoms with Crippen molar-refractivity contribution in [3.05, 3.63) is 110 Å². The number of aryl methyl sites for hydroxylation is 2. The molecule has 1 N–H and O–H groups in total. The van der Waals surface area contributed by atoms with Gasteiger partial charge in [0.15, 0.2) is 0 Å². The van der Waals surface area contributed by atoms with E-state index in [9.17, 15) is 14.4 Å². The second-order valence-electron chi connectivity index (χ2n) is 7.61. The molecule has 0 unspecified atom stereocenters. The van der Waals surface area contributed by atoms with Gasteiger partial charge in [-0.3, -0.25) is 18.7 Å². The first-order chi connectivity index (χ1) is 15.4. The van der Waals surface area contributed by atoms with Crippen LogP contribution in [0.5, 0.6) is 0 Å². The third-order valence-electron chi connectivity index (χ3n) is 5.30. The molecule has 4 aromatic rings. The van der Waals surface area contributed by atoms with Crippen molar-refractivity contribution in [3.8, 4) is 0 Å². The summed E-state index contributed by atoms with van der Waals surface area (Å²) < 4.78 is 2.53. The number of nitrogens with zero attached hydrogens (tertiary/aromatic N) is 2. The van der Waals surface area contributed by atoms with Gasteiger partial charge in [-0.05, 0) is 48.7 Å². The monoisotopic (exact) mass is 447 g/mol. The van der Waals surface area contributed by atoms with Crippen LogP contribution in [0.25, 0.3) is 10.9 Å². The standard InChI is InChI=1S/C25H22ClN3O3/c1-17-11-12-21(20(26)15-17)27-23(30)16-29-22-10-6-5-9-19(22)24(31)28(25(29)32)14-13-18-7-3-2-4-8-18/h2-12,15H,13-14,16H2,1H3,(H,27,30). The fraction of sp³-hybridized carbons (Fsp3) is 0.160. The van der Waals surface area contributed by atoms with Crippen LogP contribution in [0.15, 0.2) is 82.4 Å². The molecule has 0 aliphatic rings. The summed E-state index contributed by atoms with van der Waals surface area (Å²) in [6.45, 7) is 1.88. The van der Waals surface area contributed by atoms with Gasteiger partial charge >= 0.3 is 5.69 Å². The topological polar surface area (TPSA) is 73.1 Å². The van der Waals surface area contributed by atoms with Gasteiger partial charge in [-0.1, -0.05) is 60.1 Å². The van der Waals surface area contributed by atoms with Crippen LogP contribution in [-0.2, 0) is 24.3 Å². The van der Waals surface area contributed by atoms with Crippen LogP contribution in [0.1, 0.15) is 11.1 Å². The van der Waals surface area contributed by atoms with E-state index in [0.29, 0.717) is 28.0 Å². The van der Waals surface area contributed by atoms with Crippen molar-refractivity contribution in [1.29, 1.82) is 0 Å². The maximum atomic E-state index is 13.2. The van der Waals surface area contributed by atoms with Crippen molar-refractivity contribution in [1.82, 2.24) is 9.13 Å². The number of hydrogen-bond acceptors (Lipinski definition) is 3. The van der Waals surface area contributed by atoms with Crippen molar-refractivity contribution in [2.75, 3.05) is 5.32 Å². The summed E-state index contributed by atoms with van der Waals surface area (Å²) in [6.07, 6.45) is 0.527. The Bertz CT molecular complexity index is 1410. The fourth-order valence-electron chi connectivity index (χ4n) is 3.66. The predicted octanol–water partition coefficient (Wildman–Crippen LogP) is 4.01. The van der Waals surface area contributed by atoms with Crippen LogP contribution < -0.4 is 16.6 Å². The Morgan fingerprint density at radius 3 is 2.41 bits per heavy atom. The van der Waals surface area contributed by atoms with E-state index in [1.54, 1.807) is 36.4 Å². The quantitative estimate of drug-likeness (QED) is 0.485. The summed E-state index contributed by atoms with van der Waals surface area (Å²) in [4.78, 5) is 39.0. The van der Waals surface area contributed by atoms with E-state index in [1.807, 2.05) is 43.3 Å². The Morgan fingerprint density at radius 2 is 1.66 bits per heavy atom. The normalized spacial score (nSPS) is 10.9. The average Bonchev–Trinajstić information content (AvgIpc) is 2.79. The zero-order valence-corrected chi connectivity index (χ0v) is 18.3. The molecule has 1 heterocycles. The van der Waals surface area contributed by atoms with Gasteiger partial charge in [-0.25, -0.2) is 4.79 Å². The van der Waals surface area contributed by atoms with Gasteiger partial charge in [0.05, 0.1) is 21.6 Å². The third-order valence-corrected chi connectivity index (χ3v) is 5.61. The summed E-state index contributed by atoms with van der Waals surface area (Å²) in [5.41, 5.74) is 2.00. The van der Waals surface area contributed by atoms with E-state index < -0.39 is 11.6 Å². The van der Waals surface area contributed by atoms with Crippen molar-refractivity contribution in [2.24, 2.45) is 0 Å². The molecule has 162 valence electrons. The average molecular weight is 448 g/mol. The minimum atomic E-state index is -0.519. The molecule has 4 rings (SSSR count). The van der Waals surface area contributed by atoms with Gasteiger partial charge < -0.3 is 5.32 Å². The molecule has 0 aliphatic heterocycles. The number of anilines is 1. The molecule has 0 fully saturated rings. The van der Waals surface area contributed by atoms with Gasteiger partial charge in [-0.15, -0.1) is 0 Å². The highest BCUT2D eigenvalue weighted by molar-refractivity contribution is 6.33. The van der Waals surface area contributed by atoms with Crippen LogP contribution in [0.2, 0.25) is 5.02 Å². The number of benzene rings is 3. The molecular weight excluding hydrogens is 426 g/mol. The highest BCUT2D eigenvalue weighted by Gasteiger charge is 2.16. The zero-order valence-electron chi connectivity index (χ0n) is 17.5. The summed E-state index contributed by atoms with van der Waals surface area (Å²) in [7, 11) is 0. The molecule has 1 aromatic heterocycles. The van der Waals surface area contributed by atoms with Crippen LogP contribution >= 0.6 is 11.6 Å². The number of nitrogens with one attached hydrogen (secondary N) is 1. The summed E-state index contributed by atoms with van der Waals surface area (Å²) in [6, 6.07) is 21.8. The molecule has 0 saturated heterocycles. The minimum Gasteiger partial charge on any atom is -0.323 e. The lowest BCUT2D eigenvalue weighted by atomic mass is 10.1. The lowest BCUT2D eigenvalue weighted by Crippen LogP contribution is -2.42. The number of aromatic nitrogens is 2. The first-order valence-electron chi connectivity index (χ1n) is 10.3. The number of amides is 1. The van der Waals surface area contributed by atoms with E-state index in [4.69, 9.17) is 11.6 Å². The predicted molar refractivity (Wildman–Crippen MR) is 127 cm³/mol. The molecule has 6 nitrogen and oxygen atoms in total. The molecule has 3 aromatic carbocycles. The van der Waals surface area contributed by atoms with Gasteiger partial charge in [0.1, 0.15) is 6.54 Å². The van der Waals surface area contributed by atoms with Crippen molar-refractivity contribution in [2.45, 2.75) is 26.4 Å². The van der Waals surface area contributed by atoms with Crippen LogP contribution in [0.4, 0.5) is 5.69 Å². The lowest BCUT2D eigenvalue weighted by molar-refractivity contribution is -0.116. The smallest absolute Gasteiger partial charge is 0.323 e. The minimum absolute atomic E-state index is 0.220. The van der Waals surface area contributed by atoms with E-state index >= 15 is 0 Å². The highest BCUT2D eigenvalue weighted by Crippen LogP contribution is 2.22. The lowest BCUT2D eigenvalue weighted by Gasteiger charge is -2.14. The Kier molecular flexibility index (Phi) is 6.23. The molecule has 0 saturated carbocycles. The van der Waals surface area contributed by atoms with Gasteiger partial charge in [0.25, 0.3) is 5.56 Å². The number of para-hydroxylation sites is 1. The van der Waals surface area contributed by atoms with E-state index in [-0.39, 0.29) is 18.6 Å². The Balaban J connectivity index is 1.69. The van der Waals surface area contributed by atoms with Crippen LogP contribution in [0, 0.1) is 6.92 Å². The molecule has 0 radical (unpaired) electrons. The Labute approximate surface area is 189 Å². The molecule has 1 amide bonds. The van der Waals surface area contributed by atoms with E-state index in [1.165, 1.54) is 9.13 Å². The molecule has 32 heavy (non-hydrogen) atoms. The van der Waals surface area contributed by atoms with Gasteiger partial charge in [-0.2, -0.15) is 0 Å².